The zero-order chi connectivity index (χ0) is 11.3. The quantitative estimate of drug-likeness (QED) is 0.783. The molecular weight excluding hydrogens is 210 g/mol. The smallest absolute Gasteiger partial charge is 0.322 e. The maximum Gasteiger partial charge on any atom is 0.322 e. The van der Waals surface area contributed by atoms with Crippen molar-refractivity contribution in [1.82, 2.24) is 5.32 Å². The molecule has 0 fully saturated rings. The first-order valence-corrected chi connectivity index (χ1v) is 5.90. The third kappa shape index (κ3) is 4.01. The third-order valence-corrected chi connectivity index (χ3v) is 3.02. The number of carbonyl (C=O) groups is 1. The minimum atomic E-state index is -0.243. The highest BCUT2D eigenvalue weighted by Crippen LogP contribution is 2.14. The minimum absolute atomic E-state index is 0.189. The van der Waals surface area contributed by atoms with Crippen LogP contribution in [0.25, 0.3) is 0 Å². The van der Waals surface area contributed by atoms with Crippen LogP contribution in [0.5, 0.6) is 0 Å². The second-order valence-corrected chi connectivity index (χ2v) is 4.74. The molecule has 1 atom stereocenters. The lowest BCUT2D eigenvalue weighted by molar-refractivity contribution is -0.145. The van der Waals surface area contributed by atoms with Gasteiger partial charge < -0.3 is 4.74 Å². The average Bonchev–Trinajstić information content (AvgIpc) is 2.61. The van der Waals surface area contributed by atoms with Crippen LogP contribution >= 0.6 is 11.3 Å². The molecule has 1 aromatic rings. The summed E-state index contributed by atoms with van der Waals surface area (Å²) in [4.78, 5) is 13.8. The van der Waals surface area contributed by atoms with Gasteiger partial charge in [-0.2, -0.15) is 0 Å². The number of rotatable bonds is 5. The number of carbonyl (C=O) groups excluding carboxylic acids is 1. The summed E-state index contributed by atoms with van der Waals surface area (Å²) in [6, 6.07) is 3.91. The normalized spacial score (nSPS) is 12.5. The summed E-state index contributed by atoms with van der Waals surface area (Å²) in [5, 5.41) is 3.13. The lowest BCUT2D eigenvalue weighted by Gasteiger charge is -2.11. The Bertz CT molecular complexity index is 322. The van der Waals surface area contributed by atoms with E-state index in [0.29, 0.717) is 6.61 Å². The Morgan fingerprint density at radius 1 is 1.60 bits per heavy atom. The van der Waals surface area contributed by atoms with Gasteiger partial charge in [0.25, 0.3) is 0 Å². The Kier molecular flexibility index (Phi) is 4.78. The molecule has 15 heavy (non-hydrogen) atoms. The predicted molar refractivity (Wildman–Crippen MR) is 62.0 cm³/mol. The number of nitrogens with one attached hydrogen (secondary N) is 1. The van der Waals surface area contributed by atoms with E-state index in [1.807, 2.05) is 13.8 Å². The first kappa shape index (κ1) is 12.2. The molecule has 1 N–H and O–H groups in total. The van der Waals surface area contributed by atoms with Gasteiger partial charge in [0.15, 0.2) is 0 Å². The highest BCUT2D eigenvalue weighted by Gasteiger charge is 2.12. The first-order valence-electron chi connectivity index (χ1n) is 5.08. The highest BCUT2D eigenvalue weighted by molar-refractivity contribution is 7.11. The second-order valence-electron chi connectivity index (χ2n) is 3.37. The lowest BCUT2D eigenvalue weighted by Crippen LogP contribution is -2.34. The second kappa shape index (κ2) is 5.88. The molecule has 0 bridgehead atoms. The van der Waals surface area contributed by atoms with Gasteiger partial charge >= 0.3 is 5.97 Å². The minimum Gasteiger partial charge on any atom is -0.465 e. The van der Waals surface area contributed by atoms with Gasteiger partial charge in [-0.3, -0.25) is 10.1 Å². The fourth-order valence-corrected chi connectivity index (χ4v) is 2.03. The molecule has 1 heterocycles. The molecule has 0 aromatic carbocycles. The molecule has 0 amide bonds. The van der Waals surface area contributed by atoms with Crippen LogP contribution in [0.1, 0.15) is 23.6 Å². The van der Waals surface area contributed by atoms with Gasteiger partial charge in [-0.15, -0.1) is 11.3 Å². The molecule has 0 radical (unpaired) electrons. The number of hydrogen-bond acceptors (Lipinski definition) is 4. The first-order chi connectivity index (χ1) is 7.13. The number of ether oxygens (including phenoxy) is 1. The van der Waals surface area contributed by atoms with E-state index in [4.69, 9.17) is 4.74 Å². The van der Waals surface area contributed by atoms with Crippen LogP contribution in [-0.4, -0.2) is 18.6 Å². The Hall–Kier alpha value is -0.870. The van der Waals surface area contributed by atoms with E-state index in [2.05, 4.69) is 24.4 Å². The molecule has 1 aromatic heterocycles. The van der Waals surface area contributed by atoms with E-state index in [0.717, 1.165) is 6.54 Å². The number of aryl methyl sites for hydroxylation is 1. The van der Waals surface area contributed by atoms with Crippen LogP contribution in [0.15, 0.2) is 12.1 Å². The Morgan fingerprint density at radius 3 is 2.87 bits per heavy atom. The topological polar surface area (TPSA) is 38.3 Å². The van der Waals surface area contributed by atoms with Crippen molar-refractivity contribution in [3.63, 3.8) is 0 Å². The summed E-state index contributed by atoms with van der Waals surface area (Å²) >= 11 is 1.74. The molecule has 0 aliphatic rings. The van der Waals surface area contributed by atoms with Crippen LogP contribution in [0.3, 0.4) is 0 Å². The van der Waals surface area contributed by atoms with Crippen LogP contribution < -0.4 is 5.32 Å². The van der Waals surface area contributed by atoms with E-state index < -0.39 is 0 Å². The van der Waals surface area contributed by atoms with Gasteiger partial charge in [0, 0.05) is 16.3 Å². The standard InChI is InChI=1S/C11H17NO2S/c1-4-14-11(13)9(3)12-7-10-6-5-8(2)15-10/h5-6,9,12H,4,7H2,1-3H3. The number of thiophene rings is 1. The van der Waals surface area contributed by atoms with Crippen LogP contribution in [0, 0.1) is 6.92 Å². The summed E-state index contributed by atoms with van der Waals surface area (Å²) in [5.41, 5.74) is 0. The molecule has 0 saturated heterocycles. The molecule has 4 heteroatoms. The third-order valence-electron chi connectivity index (χ3n) is 2.02. The molecule has 0 spiro atoms. The van der Waals surface area contributed by atoms with Crippen molar-refractivity contribution >= 4 is 17.3 Å². The SMILES string of the molecule is CCOC(=O)C(C)NCc1ccc(C)s1. The highest BCUT2D eigenvalue weighted by atomic mass is 32.1. The molecule has 3 nitrogen and oxygen atoms in total. The molecule has 84 valence electrons. The molecule has 1 rings (SSSR count). The largest absolute Gasteiger partial charge is 0.465 e. The Balaban J connectivity index is 2.33. The molecule has 1 unspecified atom stereocenters. The van der Waals surface area contributed by atoms with E-state index in [9.17, 15) is 4.79 Å². The van der Waals surface area contributed by atoms with E-state index in [1.54, 1.807) is 11.3 Å². The molecule has 0 aliphatic heterocycles. The Labute approximate surface area is 94.5 Å². The maximum absolute atomic E-state index is 11.3. The van der Waals surface area contributed by atoms with Crippen molar-refractivity contribution in [2.45, 2.75) is 33.4 Å². The van der Waals surface area contributed by atoms with E-state index >= 15 is 0 Å². The molecule has 0 saturated carbocycles. The van der Waals surface area contributed by atoms with Gasteiger partial charge in [0.2, 0.25) is 0 Å². The zero-order valence-corrected chi connectivity index (χ0v) is 10.2. The summed E-state index contributed by atoms with van der Waals surface area (Å²) in [7, 11) is 0. The van der Waals surface area contributed by atoms with Crippen molar-refractivity contribution < 1.29 is 9.53 Å². The van der Waals surface area contributed by atoms with Crippen molar-refractivity contribution in [2.75, 3.05) is 6.61 Å². The molecule has 0 aliphatic carbocycles. The van der Waals surface area contributed by atoms with Crippen molar-refractivity contribution in [1.29, 1.82) is 0 Å². The van der Waals surface area contributed by atoms with Crippen LogP contribution in [0.4, 0.5) is 0 Å². The number of hydrogen-bond donors (Lipinski definition) is 1. The van der Waals surface area contributed by atoms with E-state index in [1.165, 1.54) is 9.75 Å². The van der Waals surface area contributed by atoms with Crippen molar-refractivity contribution in [2.24, 2.45) is 0 Å². The maximum atomic E-state index is 11.3. The van der Waals surface area contributed by atoms with Gasteiger partial charge in [-0.05, 0) is 32.9 Å². The average molecular weight is 227 g/mol. The van der Waals surface area contributed by atoms with Crippen molar-refractivity contribution in [3.8, 4) is 0 Å². The summed E-state index contributed by atoms with van der Waals surface area (Å²) in [6.07, 6.45) is 0. The summed E-state index contributed by atoms with van der Waals surface area (Å²) < 4.78 is 4.90. The fraction of sp³-hybridized carbons (Fsp3) is 0.545. The molecular formula is C11H17NO2S. The number of esters is 1. The van der Waals surface area contributed by atoms with Gasteiger partial charge in [0.05, 0.1) is 6.61 Å². The van der Waals surface area contributed by atoms with Crippen LogP contribution in [0.2, 0.25) is 0 Å². The van der Waals surface area contributed by atoms with Gasteiger partial charge in [0.1, 0.15) is 6.04 Å². The summed E-state index contributed by atoms with van der Waals surface area (Å²) in [6.45, 7) is 6.86. The zero-order valence-electron chi connectivity index (χ0n) is 9.37. The Morgan fingerprint density at radius 2 is 2.33 bits per heavy atom. The van der Waals surface area contributed by atoms with Gasteiger partial charge in [-0.25, -0.2) is 0 Å². The predicted octanol–water partition coefficient (Wildman–Crippen LogP) is 2.10. The van der Waals surface area contributed by atoms with Crippen molar-refractivity contribution in [3.05, 3.63) is 21.9 Å². The van der Waals surface area contributed by atoms with Crippen LogP contribution in [-0.2, 0) is 16.1 Å². The fourth-order valence-electron chi connectivity index (χ4n) is 1.18. The van der Waals surface area contributed by atoms with E-state index in [-0.39, 0.29) is 12.0 Å². The summed E-state index contributed by atoms with van der Waals surface area (Å²) in [5.74, 6) is -0.189. The van der Waals surface area contributed by atoms with Gasteiger partial charge in [-0.1, -0.05) is 0 Å². The lowest BCUT2D eigenvalue weighted by atomic mass is 10.3. The monoisotopic (exact) mass is 227 g/mol.